The van der Waals surface area contributed by atoms with Crippen molar-refractivity contribution in [2.45, 2.75) is 0 Å². The predicted molar refractivity (Wildman–Crippen MR) is 123 cm³/mol. The highest BCUT2D eigenvalue weighted by Gasteiger charge is 2.37. The number of urea groups is 1. The molecule has 1 aliphatic heterocycles. The Balaban J connectivity index is 1.65. The summed E-state index contributed by atoms with van der Waals surface area (Å²) in [4.78, 5) is 40.9. The minimum absolute atomic E-state index is 0.103. The zero-order valence-corrected chi connectivity index (χ0v) is 17.2. The molecule has 0 bridgehead atoms. The minimum atomic E-state index is -0.758. The second-order valence-electron chi connectivity index (χ2n) is 7.32. The van der Waals surface area contributed by atoms with E-state index in [0.29, 0.717) is 5.69 Å². The van der Waals surface area contributed by atoms with Crippen molar-refractivity contribution in [2.75, 3.05) is 23.9 Å². The molecular weight excluding hydrogens is 390 g/mol. The lowest BCUT2D eigenvalue weighted by molar-refractivity contribution is -0.122. The Morgan fingerprint density at radius 1 is 0.871 bits per heavy atom. The van der Waals surface area contributed by atoms with Crippen molar-refractivity contribution in [1.29, 1.82) is 0 Å². The van der Waals surface area contributed by atoms with E-state index in [9.17, 15) is 14.4 Å². The lowest BCUT2D eigenvalue weighted by atomic mass is 10.1. The third-order valence-corrected chi connectivity index (χ3v) is 5.07. The average molecular weight is 411 g/mol. The summed E-state index contributed by atoms with van der Waals surface area (Å²) >= 11 is 0. The fourth-order valence-electron chi connectivity index (χ4n) is 3.44. The Bertz CT molecular complexity index is 1240. The smallest absolute Gasteiger partial charge is 0.335 e. The molecule has 31 heavy (non-hydrogen) atoms. The molecule has 3 aromatic carbocycles. The first-order valence-electron chi connectivity index (χ1n) is 9.79. The number of carbonyl (C=O) groups excluding carboxylic acids is 3. The van der Waals surface area contributed by atoms with Crippen LogP contribution in [0.2, 0.25) is 0 Å². The number of rotatable bonds is 4. The van der Waals surface area contributed by atoms with Gasteiger partial charge in [-0.05, 0) is 35.2 Å². The summed E-state index contributed by atoms with van der Waals surface area (Å²) < 4.78 is 0. The quantitative estimate of drug-likeness (QED) is 0.518. The van der Waals surface area contributed by atoms with Crippen molar-refractivity contribution < 1.29 is 14.4 Å². The zero-order chi connectivity index (χ0) is 22.0. The number of imide groups is 2. The van der Waals surface area contributed by atoms with E-state index in [1.165, 1.54) is 6.08 Å². The van der Waals surface area contributed by atoms with Crippen molar-refractivity contribution in [3.63, 3.8) is 0 Å². The molecule has 3 aromatic rings. The van der Waals surface area contributed by atoms with Gasteiger partial charge in [0, 0.05) is 25.2 Å². The maximum Gasteiger partial charge on any atom is 0.335 e. The number of anilines is 2. The van der Waals surface area contributed by atoms with Crippen LogP contribution >= 0.6 is 0 Å². The molecule has 0 unspecified atom stereocenters. The highest BCUT2D eigenvalue weighted by Crippen LogP contribution is 2.29. The van der Waals surface area contributed by atoms with Crippen LogP contribution in [-0.2, 0) is 9.59 Å². The summed E-state index contributed by atoms with van der Waals surface area (Å²) in [6.45, 7) is 0. The highest BCUT2D eigenvalue weighted by atomic mass is 16.2. The van der Waals surface area contributed by atoms with Gasteiger partial charge in [-0.3, -0.25) is 14.9 Å². The van der Waals surface area contributed by atoms with E-state index in [0.717, 1.165) is 26.9 Å². The van der Waals surface area contributed by atoms with Crippen LogP contribution in [0.1, 0.15) is 5.56 Å². The third-order valence-electron chi connectivity index (χ3n) is 5.07. The Hall–Kier alpha value is -4.19. The zero-order valence-electron chi connectivity index (χ0n) is 17.2. The van der Waals surface area contributed by atoms with Gasteiger partial charge in [0.2, 0.25) is 0 Å². The number of carbonyl (C=O) groups is 3. The number of hydrogen-bond donors (Lipinski definition) is 1. The van der Waals surface area contributed by atoms with Crippen molar-refractivity contribution >= 4 is 46.1 Å². The fourth-order valence-corrected chi connectivity index (χ4v) is 3.44. The van der Waals surface area contributed by atoms with Gasteiger partial charge in [0.1, 0.15) is 5.57 Å². The number of amides is 4. The van der Waals surface area contributed by atoms with Crippen LogP contribution < -0.4 is 15.1 Å². The van der Waals surface area contributed by atoms with E-state index < -0.39 is 17.8 Å². The lowest BCUT2D eigenvalue weighted by Gasteiger charge is -2.27. The van der Waals surface area contributed by atoms with Gasteiger partial charge in [0.25, 0.3) is 11.8 Å². The van der Waals surface area contributed by atoms with Gasteiger partial charge in [-0.1, -0.05) is 60.7 Å². The summed E-state index contributed by atoms with van der Waals surface area (Å²) in [6, 6.07) is 19.9. The molecule has 1 aliphatic rings. The molecule has 6 heteroatoms. The number of benzene rings is 3. The lowest BCUT2D eigenvalue weighted by Crippen LogP contribution is -2.54. The monoisotopic (exact) mass is 411 g/mol. The largest absolute Gasteiger partial charge is 0.378 e. The number of nitrogens with zero attached hydrogens (tertiary/aromatic N) is 2. The van der Waals surface area contributed by atoms with Crippen LogP contribution in [0.4, 0.5) is 16.2 Å². The number of fused-ring (bicyclic) bond motifs is 1. The molecular formula is C25H21N3O3. The Morgan fingerprint density at radius 2 is 1.58 bits per heavy atom. The van der Waals surface area contributed by atoms with E-state index in [1.54, 1.807) is 24.3 Å². The number of nitrogens with one attached hydrogen (secondary N) is 1. The number of barbiturate groups is 1. The van der Waals surface area contributed by atoms with Crippen LogP contribution in [0.3, 0.4) is 0 Å². The van der Waals surface area contributed by atoms with Gasteiger partial charge in [0.15, 0.2) is 0 Å². The number of hydrogen-bond acceptors (Lipinski definition) is 4. The topological polar surface area (TPSA) is 69.7 Å². The van der Waals surface area contributed by atoms with E-state index in [2.05, 4.69) is 5.32 Å². The van der Waals surface area contributed by atoms with Crippen LogP contribution in [-0.4, -0.2) is 31.9 Å². The van der Waals surface area contributed by atoms with E-state index >= 15 is 0 Å². The summed E-state index contributed by atoms with van der Waals surface area (Å²) in [5.41, 5.74) is 2.32. The standard InChI is InChI=1S/C25H21N3O3/c1-27(2)19-15-13-17(14-16-19)7-5-11-21-23(29)26-25(31)28(24(21)30)22-12-6-9-18-8-3-4-10-20(18)22/h3-16H,1-2H3,(H,26,29,31). The molecule has 154 valence electrons. The first kappa shape index (κ1) is 20.1. The van der Waals surface area contributed by atoms with E-state index in [-0.39, 0.29) is 5.57 Å². The van der Waals surface area contributed by atoms with Gasteiger partial charge in [-0.25, -0.2) is 9.69 Å². The van der Waals surface area contributed by atoms with Gasteiger partial charge in [-0.15, -0.1) is 0 Å². The third kappa shape index (κ3) is 3.96. The average Bonchev–Trinajstić information content (AvgIpc) is 2.76. The van der Waals surface area contributed by atoms with Crippen molar-refractivity contribution in [2.24, 2.45) is 0 Å². The maximum absolute atomic E-state index is 13.1. The SMILES string of the molecule is CN(C)c1ccc(C=CC=C2C(=O)NC(=O)N(c3cccc4ccccc34)C2=O)cc1. The molecule has 0 saturated carbocycles. The van der Waals surface area contributed by atoms with Crippen LogP contribution in [0.25, 0.3) is 16.8 Å². The fraction of sp³-hybridized carbons (Fsp3) is 0.0800. The summed E-state index contributed by atoms with van der Waals surface area (Å²) in [7, 11) is 3.93. The van der Waals surface area contributed by atoms with Gasteiger partial charge in [0.05, 0.1) is 5.69 Å². The molecule has 0 atom stereocenters. The molecule has 6 nitrogen and oxygen atoms in total. The molecule has 0 aliphatic carbocycles. The predicted octanol–water partition coefficient (Wildman–Crippen LogP) is 4.13. The molecule has 0 aromatic heterocycles. The molecule has 0 radical (unpaired) electrons. The molecule has 4 rings (SSSR count). The molecule has 1 heterocycles. The van der Waals surface area contributed by atoms with Gasteiger partial charge < -0.3 is 4.90 Å². The maximum atomic E-state index is 13.1. The van der Waals surface area contributed by atoms with Crippen molar-refractivity contribution in [3.8, 4) is 0 Å². The summed E-state index contributed by atoms with van der Waals surface area (Å²) in [5.74, 6) is -1.36. The van der Waals surface area contributed by atoms with Crippen molar-refractivity contribution in [3.05, 3.63) is 90.0 Å². The second kappa shape index (κ2) is 8.28. The molecule has 1 fully saturated rings. The van der Waals surface area contributed by atoms with Crippen LogP contribution in [0, 0.1) is 0 Å². The van der Waals surface area contributed by atoms with E-state index in [1.807, 2.05) is 73.6 Å². The summed E-state index contributed by atoms with van der Waals surface area (Å²) in [6.07, 6.45) is 4.86. The minimum Gasteiger partial charge on any atom is -0.378 e. The van der Waals surface area contributed by atoms with Gasteiger partial charge in [-0.2, -0.15) is 0 Å². The van der Waals surface area contributed by atoms with E-state index in [4.69, 9.17) is 0 Å². The first-order chi connectivity index (χ1) is 15.0. The second-order valence-corrected chi connectivity index (χ2v) is 7.32. The Morgan fingerprint density at radius 3 is 2.32 bits per heavy atom. The number of allylic oxidation sites excluding steroid dienone is 2. The summed E-state index contributed by atoms with van der Waals surface area (Å²) in [5, 5.41) is 3.90. The Kier molecular flexibility index (Phi) is 5.37. The highest BCUT2D eigenvalue weighted by molar-refractivity contribution is 6.38. The molecule has 4 amide bonds. The van der Waals surface area contributed by atoms with Gasteiger partial charge >= 0.3 is 6.03 Å². The van der Waals surface area contributed by atoms with Crippen LogP contribution in [0.5, 0.6) is 0 Å². The first-order valence-corrected chi connectivity index (χ1v) is 9.79. The molecule has 1 N–H and O–H groups in total. The van der Waals surface area contributed by atoms with Crippen molar-refractivity contribution in [1.82, 2.24) is 5.32 Å². The Labute approximate surface area is 180 Å². The molecule has 1 saturated heterocycles. The normalized spacial score (nSPS) is 15.7. The van der Waals surface area contributed by atoms with Crippen LogP contribution in [0.15, 0.2) is 84.5 Å². The molecule has 0 spiro atoms.